The van der Waals surface area contributed by atoms with E-state index < -0.39 is 17.3 Å². The summed E-state index contributed by atoms with van der Waals surface area (Å²) in [5, 5.41) is 12.8. The van der Waals surface area contributed by atoms with Gasteiger partial charge in [0.1, 0.15) is 23.0 Å². The third-order valence-corrected chi connectivity index (χ3v) is 4.31. The summed E-state index contributed by atoms with van der Waals surface area (Å²) < 4.78 is 12.5. The summed E-state index contributed by atoms with van der Waals surface area (Å²) in [4.78, 5) is 12.7. The molecule has 27 heavy (non-hydrogen) atoms. The summed E-state index contributed by atoms with van der Waals surface area (Å²) in [6, 6.07) is 11.1. The molecular formula is C20H21N3O3S. The summed E-state index contributed by atoms with van der Waals surface area (Å²) in [7, 11) is 0. The molecule has 0 aliphatic carbocycles. The minimum absolute atomic E-state index is 0.215. The van der Waals surface area contributed by atoms with E-state index in [9.17, 15) is 10.1 Å². The quantitative estimate of drug-likeness (QED) is 0.715. The van der Waals surface area contributed by atoms with E-state index >= 15 is 0 Å². The minimum atomic E-state index is -0.670. The number of benzene rings is 1. The van der Waals surface area contributed by atoms with Crippen molar-refractivity contribution in [2.45, 2.75) is 45.8 Å². The van der Waals surface area contributed by atoms with Crippen LogP contribution in [0.4, 0.5) is 10.5 Å². The zero-order chi connectivity index (χ0) is 20.0. The van der Waals surface area contributed by atoms with Gasteiger partial charge in [-0.2, -0.15) is 5.26 Å². The van der Waals surface area contributed by atoms with Crippen LogP contribution in [-0.4, -0.2) is 21.4 Å². The predicted octanol–water partition coefficient (Wildman–Crippen LogP) is 4.77. The van der Waals surface area contributed by atoms with E-state index in [1.54, 1.807) is 32.9 Å². The number of anilines is 1. The molecule has 140 valence electrons. The van der Waals surface area contributed by atoms with Gasteiger partial charge in [-0.25, -0.2) is 9.36 Å². The van der Waals surface area contributed by atoms with Gasteiger partial charge in [0.2, 0.25) is 0 Å². The number of carbonyl (C=O) groups excluding carboxylic acids is 1. The van der Waals surface area contributed by atoms with Gasteiger partial charge in [-0.3, -0.25) is 0 Å². The Labute approximate surface area is 163 Å². The van der Waals surface area contributed by atoms with E-state index in [2.05, 4.69) is 5.32 Å². The van der Waals surface area contributed by atoms with E-state index in [0.717, 1.165) is 16.8 Å². The van der Waals surface area contributed by atoms with Crippen molar-refractivity contribution in [3.8, 4) is 17.3 Å². The number of hydrogen-bond acceptors (Lipinski definition) is 5. The molecule has 1 N–H and O–H groups in total. The molecule has 0 spiro atoms. The molecule has 1 aromatic heterocycles. The second-order valence-corrected chi connectivity index (χ2v) is 8.19. The average Bonchev–Trinajstić information content (AvgIpc) is 2.96. The summed E-state index contributed by atoms with van der Waals surface area (Å²) in [6.07, 6.45) is -0.591. The number of ether oxygens (including phenoxy) is 2. The number of aromatic nitrogens is 1. The molecule has 0 atom stereocenters. The molecule has 6 nitrogen and oxygen atoms in total. The van der Waals surface area contributed by atoms with Gasteiger partial charge in [-0.15, -0.1) is 0 Å². The number of thiocarbonyl (C=S) groups is 1. The van der Waals surface area contributed by atoms with Crippen LogP contribution >= 0.6 is 12.2 Å². The fourth-order valence-electron chi connectivity index (χ4n) is 2.99. The van der Waals surface area contributed by atoms with Crippen molar-refractivity contribution < 1.29 is 14.3 Å². The lowest BCUT2D eigenvalue weighted by molar-refractivity contribution is 0.0539. The van der Waals surface area contributed by atoms with Crippen molar-refractivity contribution in [1.29, 1.82) is 5.26 Å². The molecule has 1 aromatic carbocycles. The first-order valence-electron chi connectivity index (χ1n) is 8.52. The van der Waals surface area contributed by atoms with Crippen molar-refractivity contribution >= 4 is 29.2 Å². The number of hydrogen-bond donors (Lipinski definition) is 1. The van der Waals surface area contributed by atoms with E-state index in [4.69, 9.17) is 21.7 Å². The maximum Gasteiger partial charge on any atom is 0.420 e. The van der Waals surface area contributed by atoms with Gasteiger partial charge in [0.25, 0.3) is 5.17 Å². The zero-order valence-corrected chi connectivity index (χ0v) is 16.7. The fraction of sp³-hybridized carbons (Fsp3) is 0.350. The monoisotopic (exact) mass is 383 g/mol. The number of rotatable bonds is 1. The Morgan fingerprint density at radius 2 is 2.00 bits per heavy atom. The number of nitrogens with zero attached hydrogens (tertiary/aromatic N) is 2. The zero-order valence-electron chi connectivity index (χ0n) is 15.9. The SMILES string of the molecule is CC(C)(C)OC(=O)n1c(C#N)ccc1-c1ccc2c(c1)C(C)(C)OC(=S)N2. The molecule has 0 amide bonds. The maximum atomic E-state index is 12.7. The van der Waals surface area contributed by atoms with E-state index in [-0.39, 0.29) is 5.69 Å². The highest BCUT2D eigenvalue weighted by Gasteiger charge is 2.32. The number of carbonyl (C=O) groups is 1. The third kappa shape index (κ3) is 3.67. The van der Waals surface area contributed by atoms with Crippen LogP contribution in [0.2, 0.25) is 0 Å². The van der Waals surface area contributed by atoms with Crippen LogP contribution in [0, 0.1) is 11.3 Å². The van der Waals surface area contributed by atoms with Gasteiger partial charge < -0.3 is 14.8 Å². The third-order valence-electron chi connectivity index (χ3n) is 4.12. The molecule has 0 saturated heterocycles. The molecule has 0 unspecified atom stereocenters. The lowest BCUT2D eigenvalue weighted by Crippen LogP contribution is -2.34. The highest BCUT2D eigenvalue weighted by atomic mass is 32.1. The van der Waals surface area contributed by atoms with Crippen molar-refractivity contribution in [2.75, 3.05) is 5.32 Å². The lowest BCUT2D eigenvalue weighted by Gasteiger charge is -2.34. The largest absolute Gasteiger partial charge is 0.460 e. The van der Waals surface area contributed by atoms with Gasteiger partial charge >= 0.3 is 6.09 Å². The molecule has 0 bridgehead atoms. The first kappa shape index (κ1) is 18.9. The molecule has 2 heterocycles. The normalized spacial score (nSPS) is 15.2. The molecule has 3 rings (SSSR count). The Hall–Kier alpha value is -2.85. The highest BCUT2D eigenvalue weighted by Crippen LogP contribution is 2.38. The van der Waals surface area contributed by atoms with Crippen molar-refractivity contribution in [1.82, 2.24) is 4.57 Å². The number of fused-ring (bicyclic) bond motifs is 1. The highest BCUT2D eigenvalue weighted by molar-refractivity contribution is 7.80. The molecule has 7 heteroatoms. The van der Waals surface area contributed by atoms with Crippen LogP contribution in [0.5, 0.6) is 0 Å². The Kier molecular flexibility index (Phi) is 4.48. The van der Waals surface area contributed by atoms with Crippen LogP contribution < -0.4 is 5.32 Å². The van der Waals surface area contributed by atoms with Gasteiger partial charge in [0.15, 0.2) is 0 Å². The number of nitrogens with one attached hydrogen (secondary N) is 1. The molecule has 2 aromatic rings. The fourth-order valence-corrected chi connectivity index (χ4v) is 3.30. The summed E-state index contributed by atoms with van der Waals surface area (Å²) >= 11 is 5.15. The van der Waals surface area contributed by atoms with Crippen molar-refractivity contribution in [2.24, 2.45) is 0 Å². The molecule has 1 aliphatic heterocycles. The van der Waals surface area contributed by atoms with Crippen LogP contribution in [0.15, 0.2) is 30.3 Å². The van der Waals surface area contributed by atoms with E-state index in [1.807, 2.05) is 38.1 Å². The average molecular weight is 383 g/mol. The summed E-state index contributed by atoms with van der Waals surface area (Å²) in [5.41, 5.74) is 2.04. The molecule has 0 saturated carbocycles. The van der Waals surface area contributed by atoms with Gasteiger partial charge in [0.05, 0.1) is 5.69 Å². The van der Waals surface area contributed by atoms with Crippen LogP contribution in [0.25, 0.3) is 11.3 Å². The van der Waals surface area contributed by atoms with Gasteiger partial charge in [-0.05, 0) is 76.7 Å². The van der Waals surface area contributed by atoms with E-state index in [0.29, 0.717) is 10.9 Å². The Morgan fingerprint density at radius 1 is 1.30 bits per heavy atom. The molecule has 0 fully saturated rings. The molecular weight excluding hydrogens is 362 g/mol. The van der Waals surface area contributed by atoms with Crippen molar-refractivity contribution in [3.05, 3.63) is 41.6 Å². The first-order valence-corrected chi connectivity index (χ1v) is 8.93. The van der Waals surface area contributed by atoms with Crippen LogP contribution in [0.1, 0.15) is 45.9 Å². The Morgan fingerprint density at radius 3 is 2.63 bits per heavy atom. The predicted molar refractivity (Wildman–Crippen MR) is 107 cm³/mol. The van der Waals surface area contributed by atoms with Gasteiger partial charge in [0, 0.05) is 11.3 Å². The minimum Gasteiger partial charge on any atom is -0.460 e. The van der Waals surface area contributed by atoms with Gasteiger partial charge in [-0.1, -0.05) is 6.07 Å². The summed E-state index contributed by atoms with van der Waals surface area (Å²) in [5.74, 6) is 0. The smallest absolute Gasteiger partial charge is 0.420 e. The first-order chi connectivity index (χ1) is 12.5. The Bertz CT molecular complexity index is 977. The van der Waals surface area contributed by atoms with Crippen molar-refractivity contribution in [3.63, 3.8) is 0 Å². The Balaban J connectivity index is 2.11. The second kappa shape index (κ2) is 6.39. The lowest BCUT2D eigenvalue weighted by atomic mass is 9.92. The second-order valence-electron chi connectivity index (χ2n) is 7.82. The van der Waals surface area contributed by atoms with E-state index in [1.165, 1.54) is 4.57 Å². The van der Waals surface area contributed by atoms with Crippen LogP contribution in [-0.2, 0) is 15.1 Å². The molecule has 1 aliphatic rings. The standard InChI is InChI=1S/C20H21N3O3S/c1-19(2,3)26-18(24)23-13(11-21)7-9-16(23)12-6-8-15-14(10-12)20(4,5)25-17(27)22-15/h6-10H,1-5H3,(H,22,27). The summed E-state index contributed by atoms with van der Waals surface area (Å²) in [6.45, 7) is 9.21. The maximum absolute atomic E-state index is 12.7. The molecule has 0 radical (unpaired) electrons. The topological polar surface area (TPSA) is 76.3 Å². The number of nitriles is 1. The van der Waals surface area contributed by atoms with Crippen LogP contribution in [0.3, 0.4) is 0 Å².